The van der Waals surface area contributed by atoms with Crippen LogP contribution in [-0.4, -0.2) is 43.7 Å². The highest BCUT2D eigenvalue weighted by Crippen LogP contribution is 2.32. The second-order valence-corrected chi connectivity index (χ2v) is 6.87. The Hall–Kier alpha value is -1.91. The quantitative estimate of drug-likeness (QED) is 0.632. The van der Waals surface area contributed by atoms with Gasteiger partial charge in [0.05, 0.1) is 19.8 Å². The summed E-state index contributed by atoms with van der Waals surface area (Å²) >= 11 is 0. The van der Waals surface area contributed by atoms with E-state index in [1.54, 1.807) is 7.11 Å². The van der Waals surface area contributed by atoms with Crippen molar-refractivity contribution in [2.45, 2.75) is 58.1 Å². The molecule has 0 unspecified atom stereocenters. The Labute approximate surface area is 151 Å². The van der Waals surface area contributed by atoms with Gasteiger partial charge >= 0.3 is 0 Å². The van der Waals surface area contributed by atoms with Gasteiger partial charge in [-0.2, -0.15) is 0 Å². The highest BCUT2D eigenvalue weighted by Gasteiger charge is 2.19. The van der Waals surface area contributed by atoms with Crippen LogP contribution in [0.1, 0.15) is 51.0 Å². The molecule has 2 aliphatic rings. The Morgan fingerprint density at radius 3 is 2.60 bits per heavy atom. The smallest absolute Gasteiger partial charge is 0.194 e. The van der Waals surface area contributed by atoms with Gasteiger partial charge in [0.1, 0.15) is 0 Å². The van der Waals surface area contributed by atoms with Crippen LogP contribution in [0.3, 0.4) is 0 Å². The fourth-order valence-corrected chi connectivity index (χ4v) is 3.62. The summed E-state index contributed by atoms with van der Waals surface area (Å²) in [6.07, 6.45) is 7.65. The van der Waals surface area contributed by atoms with E-state index in [1.165, 1.54) is 25.7 Å². The largest absolute Gasteiger partial charge is 0.493 e. The van der Waals surface area contributed by atoms with Crippen LogP contribution in [0.5, 0.6) is 11.5 Å². The van der Waals surface area contributed by atoms with E-state index in [1.807, 2.05) is 6.07 Å². The molecule has 138 valence electrons. The van der Waals surface area contributed by atoms with Gasteiger partial charge in [0.2, 0.25) is 0 Å². The number of hydrogen-bond donors (Lipinski definition) is 1. The molecule has 3 rings (SSSR count). The molecule has 5 nitrogen and oxygen atoms in total. The molecule has 25 heavy (non-hydrogen) atoms. The maximum atomic E-state index is 6.19. The van der Waals surface area contributed by atoms with Crippen molar-refractivity contribution in [1.29, 1.82) is 0 Å². The van der Waals surface area contributed by atoms with Gasteiger partial charge in [-0.3, -0.25) is 0 Å². The number of rotatable bonds is 6. The fraction of sp³-hybridized carbons (Fsp3) is 0.650. The van der Waals surface area contributed by atoms with Gasteiger partial charge in [-0.1, -0.05) is 6.07 Å². The Kier molecular flexibility index (Phi) is 6.42. The Bertz CT molecular complexity index is 576. The minimum absolute atomic E-state index is 0.328. The highest BCUT2D eigenvalue weighted by molar-refractivity contribution is 5.80. The summed E-state index contributed by atoms with van der Waals surface area (Å²) in [4.78, 5) is 7.18. The first-order valence-corrected chi connectivity index (χ1v) is 9.67. The van der Waals surface area contributed by atoms with E-state index < -0.39 is 0 Å². The molecule has 1 N–H and O–H groups in total. The zero-order valence-corrected chi connectivity index (χ0v) is 15.6. The summed E-state index contributed by atoms with van der Waals surface area (Å²) in [5, 5.41) is 3.41. The fourth-order valence-electron chi connectivity index (χ4n) is 3.62. The van der Waals surface area contributed by atoms with Crippen molar-refractivity contribution in [3.05, 3.63) is 23.8 Å². The van der Waals surface area contributed by atoms with E-state index in [0.29, 0.717) is 12.6 Å². The van der Waals surface area contributed by atoms with Crippen LogP contribution >= 0.6 is 0 Å². The normalized spacial score (nSPS) is 18.6. The van der Waals surface area contributed by atoms with E-state index in [0.717, 1.165) is 55.5 Å². The molecule has 0 bridgehead atoms. The molecule has 1 saturated heterocycles. The molecule has 1 heterocycles. The summed E-state index contributed by atoms with van der Waals surface area (Å²) in [6.45, 7) is 5.87. The number of nitrogens with one attached hydrogen (secondary N) is 1. The molecule has 2 fully saturated rings. The molecular formula is C20H31N3O2. The average Bonchev–Trinajstić information content (AvgIpc) is 3.32. The molecule has 1 aliphatic heterocycles. The number of ether oxygens (including phenoxy) is 2. The first-order valence-electron chi connectivity index (χ1n) is 9.67. The van der Waals surface area contributed by atoms with Gasteiger partial charge in [0.15, 0.2) is 17.5 Å². The van der Waals surface area contributed by atoms with Crippen LogP contribution < -0.4 is 14.8 Å². The first-order chi connectivity index (χ1) is 12.3. The van der Waals surface area contributed by atoms with Crippen molar-refractivity contribution >= 4 is 5.96 Å². The summed E-state index contributed by atoms with van der Waals surface area (Å²) < 4.78 is 11.7. The molecular weight excluding hydrogens is 314 g/mol. The van der Waals surface area contributed by atoms with Crippen LogP contribution in [0.2, 0.25) is 0 Å². The Morgan fingerprint density at radius 1 is 1.16 bits per heavy atom. The third-order valence-corrected chi connectivity index (χ3v) is 4.98. The maximum absolute atomic E-state index is 6.19. The highest BCUT2D eigenvalue weighted by atomic mass is 16.5. The number of methoxy groups -OCH3 is 1. The number of guanidine groups is 1. The lowest BCUT2D eigenvalue weighted by Crippen LogP contribution is -2.39. The summed E-state index contributed by atoms with van der Waals surface area (Å²) in [6, 6.07) is 6.17. The second kappa shape index (κ2) is 8.97. The van der Waals surface area contributed by atoms with Crippen LogP contribution in [0, 0.1) is 0 Å². The Morgan fingerprint density at radius 2 is 1.92 bits per heavy atom. The average molecular weight is 345 g/mol. The number of hydrogen-bond acceptors (Lipinski definition) is 3. The molecule has 1 aliphatic carbocycles. The van der Waals surface area contributed by atoms with Crippen molar-refractivity contribution in [1.82, 2.24) is 10.2 Å². The SMILES string of the molecule is CCNC(=NCc1ccc(OC)c(OC2CCCC2)c1)N1CCCC1. The van der Waals surface area contributed by atoms with Crippen LogP contribution in [0.25, 0.3) is 0 Å². The third-order valence-electron chi connectivity index (χ3n) is 4.98. The van der Waals surface area contributed by atoms with Gasteiger partial charge < -0.3 is 19.7 Å². The van der Waals surface area contributed by atoms with E-state index in [2.05, 4.69) is 29.3 Å². The summed E-state index contributed by atoms with van der Waals surface area (Å²) in [5.74, 6) is 2.69. The van der Waals surface area contributed by atoms with E-state index in [-0.39, 0.29) is 0 Å². The third kappa shape index (κ3) is 4.80. The second-order valence-electron chi connectivity index (χ2n) is 6.87. The predicted molar refractivity (Wildman–Crippen MR) is 102 cm³/mol. The zero-order valence-electron chi connectivity index (χ0n) is 15.6. The molecule has 0 radical (unpaired) electrons. The van der Waals surface area contributed by atoms with Gasteiger partial charge in [0, 0.05) is 19.6 Å². The molecule has 0 atom stereocenters. The van der Waals surface area contributed by atoms with Gasteiger partial charge in [0.25, 0.3) is 0 Å². The van der Waals surface area contributed by atoms with Crippen molar-refractivity contribution in [2.24, 2.45) is 4.99 Å². The maximum Gasteiger partial charge on any atom is 0.194 e. The van der Waals surface area contributed by atoms with Crippen LogP contribution in [-0.2, 0) is 6.54 Å². The van der Waals surface area contributed by atoms with Crippen LogP contribution in [0.4, 0.5) is 0 Å². The zero-order chi connectivity index (χ0) is 17.5. The van der Waals surface area contributed by atoms with Crippen LogP contribution in [0.15, 0.2) is 23.2 Å². The van der Waals surface area contributed by atoms with Gasteiger partial charge in [-0.25, -0.2) is 4.99 Å². The molecule has 5 heteroatoms. The molecule has 0 aromatic heterocycles. The lowest BCUT2D eigenvalue weighted by Gasteiger charge is -2.21. The summed E-state index contributed by atoms with van der Waals surface area (Å²) in [7, 11) is 1.70. The van der Waals surface area contributed by atoms with Crippen molar-refractivity contribution in [3.63, 3.8) is 0 Å². The van der Waals surface area contributed by atoms with Crippen molar-refractivity contribution in [3.8, 4) is 11.5 Å². The monoisotopic (exact) mass is 345 g/mol. The lowest BCUT2D eigenvalue weighted by molar-refractivity contribution is 0.200. The van der Waals surface area contributed by atoms with Crippen molar-refractivity contribution < 1.29 is 9.47 Å². The first kappa shape index (κ1) is 17.9. The van der Waals surface area contributed by atoms with E-state index in [4.69, 9.17) is 14.5 Å². The predicted octanol–water partition coefficient (Wildman–Crippen LogP) is 3.58. The van der Waals surface area contributed by atoms with E-state index in [9.17, 15) is 0 Å². The molecule has 1 aromatic carbocycles. The number of nitrogens with zero attached hydrogens (tertiary/aromatic N) is 2. The van der Waals surface area contributed by atoms with Gasteiger partial charge in [-0.15, -0.1) is 0 Å². The molecule has 1 saturated carbocycles. The summed E-state index contributed by atoms with van der Waals surface area (Å²) in [5.41, 5.74) is 1.16. The minimum atomic E-state index is 0.328. The topological polar surface area (TPSA) is 46.1 Å². The molecule has 0 amide bonds. The van der Waals surface area contributed by atoms with Crippen molar-refractivity contribution in [2.75, 3.05) is 26.7 Å². The van der Waals surface area contributed by atoms with Gasteiger partial charge in [-0.05, 0) is 63.1 Å². The number of benzene rings is 1. The standard InChI is InChI=1S/C20H31N3O2/c1-3-21-20(23-12-6-7-13-23)22-15-16-10-11-18(24-2)19(14-16)25-17-8-4-5-9-17/h10-11,14,17H,3-9,12-13,15H2,1-2H3,(H,21,22). The molecule has 0 spiro atoms. The Balaban J connectivity index is 1.70. The van der Waals surface area contributed by atoms with E-state index >= 15 is 0 Å². The lowest BCUT2D eigenvalue weighted by atomic mass is 10.2. The number of likely N-dealkylation sites (tertiary alicyclic amines) is 1. The minimum Gasteiger partial charge on any atom is -0.493 e. The molecule has 1 aromatic rings. The number of aliphatic imine (C=N–C) groups is 1.